The number of benzene rings is 1. The molecular weight excluding hydrogens is 246 g/mol. The van der Waals surface area contributed by atoms with Gasteiger partial charge in [0.15, 0.2) is 0 Å². The molecule has 1 fully saturated rings. The van der Waals surface area contributed by atoms with Crippen molar-refractivity contribution in [2.45, 2.75) is 25.4 Å². The maximum absolute atomic E-state index is 12.4. The van der Waals surface area contributed by atoms with E-state index in [1.165, 1.54) is 17.0 Å². The predicted octanol–water partition coefficient (Wildman–Crippen LogP) is 1.92. The smallest absolute Gasteiger partial charge is 0.335 e. The molecule has 1 heterocycles. The zero-order valence-electron chi connectivity index (χ0n) is 11.0. The summed E-state index contributed by atoms with van der Waals surface area (Å²) in [6.07, 6.45) is 1.59. The largest absolute Gasteiger partial charge is 0.478 e. The lowest BCUT2D eigenvalue weighted by atomic mass is 10.0. The number of carbonyl (C=O) groups is 2. The average Bonchev–Trinajstić information content (AvgIpc) is 2.85. The van der Waals surface area contributed by atoms with Crippen molar-refractivity contribution in [1.29, 1.82) is 0 Å². The molecule has 1 aromatic carbocycles. The molecule has 19 heavy (non-hydrogen) atoms. The van der Waals surface area contributed by atoms with Crippen LogP contribution in [-0.2, 0) is 9.53 Å². The molecule has 1 aromatic rings. The van der Waals surface area contributed by atoms with Gasteiger partial charge in [-0.05, 0) is 44.0 Å². The summed E-state index contributed by atoms with van der Waals surface area (Å²) in [4.78, 5) is 24.7. The fourth-order valence-electron chi connectivity index (χ4n) is 2.25. The molecular formula is C14H17NO4. The Balaban J connectivity index is 2.17. The van der Waals surface area contributed by atoms with Gasteiger partial charge in [0.05, 0.1) is 5.56 Å². The number of carbonyl (C=O) groups excluding carboxylic acids is 1. The van der Waals surface area contributed by atoms with Crippen LogP contribution in [0.15, 0.2) is 24.3 Å². The quantitative estimate of drug-likeness (QED) is 0.904. The number of rotatable bonds is 3. The Bertz CT molecular complexity index is 489. The topological polar surface area (TPSA) is 66.8 Å². The fourth-order valence-corrected chi connectivity index (χ4v) is 2.25. The van der Waals surface area contributed by atoms with Gasteiger partial charge in [0, 0.05) is 19.3 Å². The highest BCUT2D eigenvalue weighted by molar-refractivity contribution is 5.99. The number of carboxylic acids is 1. The SMILES string of the molecule is CN(C(=O)C1(C)CCCO1)c1ccc(C(=O)O)cc1. The van der Waals surface area contributed by atoms with E-state index < -0.39 is 11.6 Å². The highest BCUT2D eigenvalue weighted by Gasteiger charge is 2.39. The van der Waals surface area contributed by atoms with Gasteiger partial charge in [0.1, 0.15) is 5.60 Å². The van der Waals surface area contributed by atoms with Gasteiger partial charge in [-0.25, -0.2) is 4.79 Å². The van der Waals surface area contributed by atoms with Gasteiger partial charge in [-0.15, -0.1) is 0 Å². The molecule has 1 amide bonds. The second-order valence-corrected chi connectivity index (χ2v) is 4.90. The highest BCUT2D eigenvalue weighted by Crippen LogP contribution is 2.28. The van der Waals surface area contributed by atoms with E-state index in [1.54, 1.807) is 26.1 Å². The standard InChI is InChI=1S/C14H17NO4/c1-14(8-3-9-19-14)13(18)15(2)11-6-4-10(5-7-11)12(16)17/h4-7H,3,8-9H2,1-2H3,(H,16,17). The third-order valence-electron chi connectivity index (χ3n) is 3.48. The third kappa shape index (κ3) is 2.61. The number of anilines is 1. The first kappa shape index (κ1) is 13.5. The highest BCUT2D eigenvalue weighted by atomic mass is 16.5. The third-order valence-corrected chi connectivity index (χ3v) is 3.48. The van der Waals surface area contributed by atoms with Crippen LogP contribution in [0.5, 0.6) is 0 Å². The first-order valence-electron chi connectivity index (χ1n) is 6.19. The molecule has 0 aromatic heterocycles. The van der Waals surface area contributed by atoms with E-state index >= 15 is 0 Å². The molecule has 0 aliphatic carbocycles. The first-order valence-corrected chi connectivity index (χ1v) is 6.19. The Labute approximate surface area is 111 Å². The lowest BCUT2D eigenvalue weighted by Gasteiger charge is -2.28. The minimum absolute atomic E-state index is 0.104. The Hall–Kier alpha value is -1.88. The van der Waals surface area contributed by atoms with E-state index in [-0.39, 0.29) is 11.5 Å². The Morgan fingerprint density at radius 1 is 1.32 bits per heavy atom. The van der Waals surface area contributed by atoms with Crippen molar-refractivity contribution in [1.82, 2.24) is 0 Å². The Kier molecular flexibility index (Phi) is 3.57. The van der Waals surface area contributed by atoms with E-state index in [1.807, 2.05) is 0 Å². The minimum Gasteiger partial charge on any atom is -0.478 e. The van der Waals surface area contributed by atoms with Crippen molar-refractivity contribution in [2.24, 2.45) is 0 Å². The van der Waals surface area contributed by atoms with Gasteiger partial charge in [0.2, 0.25) is 0 Å². The van der Waals surface area contributed by atoms with Crippen LogP contribution in [0.3, 0.4) is 0 Å². The molecule has 1 atom stereocenters. The van der Waals surface area contributed by atoms with Crippen molar-refractivity contribution in [3.8, 4) is 0 Å². The van der Waals surface area contributed by atoms with Crippen molar-refractivity contribution in [2.75, 3.05) is 18.6 Å². The van der Waals surface area contributed by atoms with E-state index in [2.05, 4.69) is 0 Å². The molecule has 0 saturated carbocycles. The number of amides is 1. The number of aromatic carboxylic acids is 1. The number of ether oxygens (including phenoxy) is 1. The zero-order chi connectivity index (χ0) is 14.0. The molecule has 0 spiro atoms. The summed E-state index contributed by atoms with van der Waals surface area (Å²) in [6.45, 7) is 2.40. The number of hydrogen-bond donors (Lipinski definition) is 1. The molecule has 0 bridgehead atoms. The number of carboxylic acid groups (broad SMARTS) is 1. The maximum atomic E-state index is 12.4. The van der Waals surface area contributed by atoms with Gasteiger partial charge < -0.3 is 14.7 Å². The van der Waals surface area contributed by atoms with Crippen LogP contribution in [-0.4, -0.2) is 36.2 Å². The lowest BCUT2D eigenvalue weighted by molar-refractivity contribution is -0.136. The van der Waals surface area contributed by atoms with E-state index in [0.717, 1.165) is 6.42 Å². The van der Waals surface area contributed by atoms with E-state index in [0.29, 0.717) is 18.7 Å². The molecule has 102 valence electrons. The maximum Gasteiger partial charge on any atom is 0.335 e. The molecule has 1 aliphatic rings. The van der Waals surface area contributed by atoms with Crippen molar-refractivity contribution < 1.29 is 19.4 Å². The van der Waals surface area contributed by atoms with Gasteiger partial charge >= 0.3 is 5.97 Å². The van der Waals surface area contributed by atoms with Crippen molar-refractivity contribution >= 4 is 17.6 Å². The predicted molar refractivity (Wildman–Crippen MR) is 70.4 cm³/mol. The van der Waals surface area contributed by atoms with Gasteiger partial charge in [-0.3, -0.25) is 4.79 Å². The van der Waals surface area contributed by atoms with Crippen LogP contribution >= 0.6 is 0 Å². The molecule has 1 N–H and O–H groups in total. The summed E-state index contributed by atoms with van der Waals surface area (Å²) >= 11 is 0. The molecule has 0 radical (unpaired) electrons. The summed E-state index contributed by atoms with van der Waals surface area (Å²) < 4.78 is 5.52. The minimum atomic E-state index is -0.980. The number of hydrogen-bond acceptors (Lipinski definition) is 3. The van der Waals surface area contributed by atoms with E-state index in [9.17, 15) is 9.59 Å². The van der Waals surface area contributed by atoms with Gasteiger partial charge in [-0.1, -0.05) is 0 Å². The monoisotopic (exact) mass is 263 g/mol. The van der Waals surface area contributed by atoms with Crippen molar-refractivity contribution in [3.63, 3.8) is 0 Å². The fraction of sp³-hybridized carbons (Fsp3) is 0.429. The summed E-state index contributed by atoms with van der Waals surface area (Å²) in [6, 6.07) is 6.22. The van der Waals surface area contributed by atoms with Crippen LogP contribution in [0, 0.1) is 0 Å². The number of likely N-dealkylation sites (N-methyl/N-ethyl adjacent to an activating group) is 1. The second kappa shape index (κ2) is 5.01. The summed E-state index contributed by atoms with van der Waals surface area (Å²) in [7, 11) is 1.67. The van der Waals surface area contributed by atoms with Crippen LogP contribution in [0.4, 0.5) is 5.69 Å². The zero-order valence-corrected chi connectivity index (χ0v) is 11.0. The summed E-state index contributed by atoms with van der Waals surface area (Å²) in [5, 5.41) is 8.84. The molecule has 1 unspecified atom stereocenters. The van der Waals surface area contributed by atoms with E-state index in [4.69, 9.17) is 9.84 Å². The molecule has 1 saturated heterocycles. The normalized spacial score (nSPS) is 22.2. The lowest BCUT2D eigenvalue weighted by Crippen LogP contribution is -2.45. The summed E-state index contributed by atoms with van der Waals surface area (Å²) in [5.41, 5.74) is 0.0971. The number of nitrogens with zero attached hydrogens (tertiary/aromatic N) is 1. The molecule has 5 nitrogen and oxygen atoms in total. The van der Waals surface area contributed by atoms with Gasteiger partial charge in [0.25, 0.3) is 5.91 Å². The first-order chi connectivity index (χ1) is 8.94. The van der Waals surface area contributed by atoms with Crippen molar-refractivity contribution in [3.05, 3.63) is 29.8 Å². The van der Waals surface area contributed by atoms with Crippen LogP contribution in [0.1, 0.15) is 30.1 Å². The summed E-state index contributed by atoms with van der Waals surface area (Å²) in [5.74, 6) is -1.08. The van der Waals surface area contributed by atoms with Crippen LogP contribution in [0.25, 0.3) is 0 Å². The molecule has 5 heteroatoms. The van der Waals surface area contributed by atoms with Gasteiger partial charge in [-0.2, -0.15) is 0 Å². The Morgan fingerprint density at radius 2 is 1.95 bits per heavy atom. The second-order valence-electron chi connectivity index (χ2n) is 4.90. The average molecular weight is 263 g/mol. The molecule has 2 rings (SSSR count). The Morgan fingerprint density at radius 3 is 2.42 bits per heavy atom. The van der Waals surface area contributed by atoms with Crippen LogP contribution < -0.4 is 4.90 Å². The molecule has 1 aliphatic heterocycles. The van der Waals surface area contributed by atoms with Crippen LogP contribution in [0.2, 0.25) is 0 Å².